The van der Waals surface area contributed by atoms with E-state index >= 15 is 0 Å². The third kappa shape index (κ3) is 5.47. The molecule has 1 amide bonds. The largest absolute Gasteiger partial charge is 0.489 e. The smallest absolute Gasteiger partial charge is 0.258 e. The maximum absolute atomic E-state index is 12.2. The Kier molecular flexibility index (Phi) is 6.52. The van der Waals surface area contributed by atoms with Gasteiger partial charge < -0.3 is 10.1 Å². The SMILES string of the molecule is C=C(C)COc1ccc(NC(=S)NC(=O)c2ccccc2Br)cc1. The van der Waals surface area contributed by atoms with Gasteiger partial charge in [-0.3, -0.25) is 10.1 Å². The van der Waals surface area contributed by atoms with Crippen LogP contribution in [0.3, 0.4) is 0 Å². The van der Waals surface area contributed by atoms with E-state index < -0.39 is 0 Å². The van der Waals surface area contributed by atoms with Crippen molar-refractivity contribution in [3.05, 3.63) is 70.7 Å². The lowest BCUT2D eigenvalue weighted by molar-refractivity contribution is 0.0977. The first-order valence-electron chi connectivity index (χ1n) is 7.20. The average molecular weight is 405 g/mol. The molecule has 0 spiro atoms. The number of hydrogen-bond donors (Lipinski definition) is 2. The van der Waals surface area contributed by atoms with Crippen LogP contribution in [0, 0.1) is 0 Å². The highest BCUT2D eigenvalue weighted by atomic mass is 79.9. The molecule has 0 aliphatic rings. The summed E-state index contributed by atoms with van der Waals surface area (Å²) in [7, 11) is 0. The van der Waals surface area contributed by atoms with Crippen LogP contribution < -0.4 is 15.4 Å². The number of carbonyl (C=O) groups excluding carboxylic acids is 1. The topological polar surface area (TPSA) is 50.4 Å². The Balaban J connectivity index is 1.91. The van der Waals surface area contributed by atoms with Gasteiger partial charge in [-0.05, 0) is 77.0 Å². The molecular formula is C18H17BrN2O2S. The molecule has 0 fully saturated rings. The normalized spacial score (nSPS) is 9.92. The Bertz CT molecular complexity index is 760. The van der Waals surface area contributed by atoms with Crippen LogP contribution in [0.15, 0.2) is 65.2 Å². The number of carbonyl (C=O) groups is 1. The second kappa shape index (κ2) is 8.61. The van der Waals surface area contributed by atoms with Crippen LogP contribution >= 0.6 is 28.1 Å². The number of amides is 1. The summed E-state index contributed by atoms with van der Waals surface area (Å²) in [4.78, 5) is 12.2. The molecule has 124 valence electrons. The van der Waals surface area contributed by atoms with E-state index in [1.54, 1.807) is 18.2 Å². The molecular weight excluding hydrogens is 388 g/mol. The lowest BCUT2D eigenvalue weighted by Crippen LogP contribution is -2.34. The maximum Gasteiger partial charge on any atom is 0.258 e. The van der Waals surface area contributed by atoms with Crippen LogP contribution in [0.25, 0.3) is 0 Å². The summed E-state index contributed by atoms with van der Waals surface area (Å²) in [6.07, 6.45) is 0. The van der Waals surface area contributed by atoms with Gasteiger partial charge in [-0.25, -0.2) is 0 Å². The van der Waals surface area contributed by atoms with Crippen molar-refractivity contribution in [2.24, 2.45) is 0 Å². The van der Waals surface area contributed by atoms with Crippen molar-refractivity contribution in [2.45, 2.75) is 6.92 Å². The van der Waals surface area contributed by atoms with Crippen molar-refractivity contribution in [2.75, 3.05) is 11.9 Å². The predicted octanol–water partition coefficient (Wildman–Crippen LogP) is 4.53. The molecule has 24 heavy (non-hydrogen) atoms. The van der Waals surface area contributed by atoms with Crippen LogP contribution in [0.1, 0.15) is 17.3 Å². The fourth-order valence-electron chi connectivity index (χ4n) is 1.82. The van der Waals surface area contributed by atoms with Gasteiger partial charge in [0.15, 0.2) is 5.11 Å². The van der Waals surface area contributed by atoms with Crippen molar-refractivity contribution >= 4 is 44.9 Å². The van der Waals surface area contributed by atoms with E-state index in [0.717, 1.165) is 17.0 Å². The molecule has 0 aromatic heterocycles. The first-order valence-corrected chi connectivity index (χ1v) is 8.40. The van der Waals surface area contributed by atoms with Crippen molar-refractivity contribution in [3.63, 3.8) is 0 Å². The lowest BCUT2D eigenvalue weighted by Gasteiger charge is -2.11. The van der Waals surface area contributed by atoms with Gasteiger partial charge >= 0.3 is 0 Å². The highest BCUT2D eigenvalue weighted by Gasteiger charge is 2.10. The molecule has 2 aromatic carbocycles. The monoisotopic (exact) mass is 404 g/mol. The van der Waals surface area contributed by atoms with Crippen LogP contribution in [-0.4, -0.2) is 17.6 Å². The minimum absolute atomic E-state index is 0.228. The molecule has 0 radical (unpaired) electrons. The van der Waals surface area contributed by atoms with E-state index in [2.05, 4.69) is 33.1 Å². The summed E-state index contributed by atoms with van der Waals surface area (Å²) in [5.74, 6) is 0.466. The molecule has 0 saturated carbocycles. The minimum atomic E-state index is -0.276. The van der Waals surface area contributed by atoms with Gasteiger partial charge in [0.25, 0.3) is 5.91 Å². The fourth-order valence-corrected chi connectivity index (χ4v) is 2.49. The molecule has 0 unspecified atom stereocenters. The van der Waals surface area contributed by atoms with E-state index in [0.29, 0.717) is 16.6 Å². The molecule has 0 aliphatic carbocycles. The number of benzene rings is 2. The van der Waals surface area contributed by atoms with Gasteiger partial charge in [0, 0.05) is 10.2 Å². The van der Waals surface area contributed by atoms with Crippen molar-refractivity contribution in [1.82, 2.24) is 5.32 Å². The highest BCUT2D eigenvalue weighted by molar-refractivity contribution is 9.10. The molecule has 0 heterocycles. The molecule has 2 rings (SSSR count). The number of anilines is 1. The molecule has 6 heteroatoms. The number of nitrogens with one attached hydrogen (secondary N) is 2. The Morgan fingerprint density at radius 2 is 1.88 bits per heavy atom. The fraction of sp³-hybridized carbons (Fsp3) is 0.111. The Morgan fingerprint density at radius 3 is 2.50 bits per heavy atom. The van der Waals surface area contributed by atoms with E-state index in [1.807, 2.05) is 37.3 Å². The highest BCUT2D eigenvalue weighted by Crippen LogP contribution is 2.17. The third-order valence-corrected chi connectivity index (χ3v) is 3.84. The number of hydrogen-bond acceptors (Lipinski definition) is 3. The third-order valence-electron chi connectivity index (χ3n) is 2.94. The summed E-state index contributed by atoms with van der Waals surface area (Å²) in [5.41, 5.74) is 2.23. The maximum atomic E-state index is 12.2. The van der Waals surface area contributed by atoms with Gasteiger partial charge in [0.1, 0.15) is 12.4 Å². The molecule has 0 bridgehead atoms. The van der Waals surface area contributed by atoms with Crippen molar-refractivity contribution in [3.8, 4) is 5.75 Å². The molecule has 0 saturated heterocycles. The predicted molar refractivity (Wildman–Crippen MR) is 105 cm³/mol. The van der Waals surface area contributed by atoms with Gasteiger partial charge in [0.05, 0.1) is 5.56 Å². The minimum Gasteiger partial charge on any atom is -0.489 e. The van der Waals surface area contributed by atoms with Gasteiger partial charge in [-0.2, -0.15) is 0 Å². The second-order valence-electron chi connectivity index (χ2n) is 5.16. The number of ether oxygens (including phenoxy) is 1. The van der Waals surface area contributed by atoms with Gasteiger partial charge in [0.2, 0.25) is 0 Å². The summed E-state index contributed by atoms with van der Waals surface area (Å²) >= 11 is 8.51. The van der Waals surface area contributed by atoms with Crippen LogP contribution in [0.2, 0.25) is 0 Å². The average Bonchev–Trinajstić information content (AvgIpc) is 2.54. The van der Waals surface area contributed by atoms with Crippen LogP contribution in [-0.2, 0) is 0 Å². The Morgan fingerprint density at radius 1 is 1.21 bits per heavy atom. The summed E-state index contributed by atoms with van der Waals surface area (Å²) in [5, 5.41) is 5.84. The molecule has 0 aliphatic heterocycles. The first kappa shape index (κ1) is 18.2. The lowest BCUT2D eigenvalue weighted by atomic mass is 10.2. The Hall–Kier alpha value is -2.18. The summed E-state index contributed by atoms with van der Waals surface area (Å²) in [6.45, 7) is 6.17. The molecule has 2 aromatic rings. The quantitative estimate of drug-likeness (QED) is 0.567. The van der Waals surface area contributed by atoms with E-state index in [9.17, 15) is 4.79 Å². The van der Waals surface area contributed by atoms with Crippen LogP contribution in [0.5, 0.6) is 5.75 Å². The van der Waals surface area contributed by atoms with E-state index in [-0.39, 0.29) is 11.0 Å². The summed E-state index contributed by atoms with van der Waals surface area (Å²) < 4.78 is 6.24. The summed E-state index contributed by atoms with van der Waals surface area (Å²) in [6, 6.07) is 14.4. The zero-order valence-corrected chi connectivity index (χ0v) is 15.5. The van der Waals surface area contributed by atoms with Gasteiger partial charge in [-0.1, -0.05) is 18.7 Å². The zero-order chi connectivity index (χ0) is 17.5. The first-order chi connectivity index (χ1) is 11.5. The van der Waals surface area contributed by atoms with Crippen molar-refractivity contribution < 1.29 is 9.53 Å². The van der Waals surface area contributed by atoms with E-state index in [4.69, 9.17) is 17.0 Å². The van der Waals surface area contributed by atoms with Crippen LogP contribution in [0.4, 0.5) is 5.69 Å². The van der Waals surface area contributed by atoms with E-state index in [1.165, 1.54) is 0 Å². The molecule has 2 N–H and O–H groups in total. The number of halogens is 1. The molecule has 0 atom stereocenters. The van der Waals surface area contributed by atoms with Crippen molar-refractivity contribution in [1.29, 1.82) is 0 Å². The molecule has 4 nitrogen and oxygen atoms in total. The zero-order valence-electron chi connectivity index (χ0n) is 13.1. The Labute approximate surface area is 155 Å². The second-order valence-corrected chi connectivity index (χ2v) is 6.42. The number of thiocarbonyl (C=S) groups is 1. The number of rotatable bonds is 5. The van der Waals surface area contributed by atoms with Gasteiger partial charge in [-0.15, -0.1) is 0 Å². The standard InChI is InChI=1S/C18H17BrN2O2S/c1-12(2)11-23-14-9-7-13(8-10-14)20-18(24)21-17(22)15-5-3-4-6-16(15)19/h3-10H,1,11H2,2H3,(H2,20,21,22,24).